The molecule has 0 saturated heterocycles. The van der Waals surface area contributed by atoms with Crippen molar-refractivity contribution in [3.63, 3.8) is 0 Å². The summed E-state index contributed by atoms with van der Waals surface area (Å²) >= 11 is 1.45. The zero-order valence-electron chi connectivity index (χ0n) is 11.5. The van der Waals surface area contributed by atoms with E-state index in [1.807, 2.05) is 44.2 Å². The van der Waals surface area contributed by atoms with Crippen molar-refractivity contribution in [3.05, 3.63) is 41.4 Å². The Labute approximate surface area is 122 Å². The molecule has 2 aromatic rings. The number of rotatable bonds is 5. The van der Waals surface area contributed by atoms with E-state index in [4.69, 9.17) is 5.11 Å². The average molecular weight is 290 g/mol. The lowest BCUT2D eigenvalue weighted by Crippen LogP contribution is -2.38. The molecule has 0 aliphatic heterocycles. The summed E-state index contributed by atoms with van der Waals surface area (Å²) in [7, 11) is 0. The molecule has 1 amide bonds. The number of aliphatic hydroxyl groups is 1. The van der Waals surface area contributed by atoms with E-state index < -0.39 is 0 Å². The first-order chi connectivity index (χ1) is 9.61. The molecule has 0 saturated carbocycles. The number of benzene rings is 1. The van der Waals surface area contributed by atoms with Crippen LogP contribution in [0.4, 0.5) is 0 Å². The molecule has 0 aliphatic carbocycles. The Hall–Kier alpha value is -1.72. The standard InChI is InChI=1S/C15H18N2O2S/c1-10(8-18)11(2)16-14(19)13-9-20-15(17-13)12-6-4-3-5-7-12/h3-7,9-11,18H,8H2,1-2H3,(H,16,19). The van der Waals surface area contributed by atoms with Crippen molar-refractivity contribution in [2.24, 2.45) is 5.92 Å². The molecule has 2 unspecified atom stereocenters. The van der Waals surface area contributed by atoms with Crippen LogP contribution in [0.25, 0.3) is 10.6 Å². The van der Waals surface area contributed by atoms with Crippen LogP contribution in [0.5, 0.6) is 0 Å². The second-order valence-corrected chi connectivity index (χ2v) is 5.68. The Morgan fingerprint density at radius 1 is 1.35 bits per heavy atom. The van der Waals surface area contributed by atoms with Crippen LogP contribution < -0.4 is 5.32 Å². The van der Waals surface area contributed by atoms with E-state index in [1.54, 1.807) is 5.38 Å². The van der Waals surface area contributed by atoms with Gasteiger partial charge in [-0.25, -0.2) is 4.98 Å². The maximum atomic E-state index is 12.1. The van der Waals surface area contributed by atoms with E-state index in [1.165, 1.54) is 11.3 Å². The van der Waals surface area contributed by atoms with E-state index in [-0.39, 0.29) is 24.5 Å². The van der Waals surface area contributed by atoms with Gasteiger partial charge in [0.05, 0.1) is 0 Å². The van der Waals surface area contributed by atoms with E-state index >= 15 is 0 Å². The number of amides is 1. The lowest BCUT2D eigenvalue weighted by Gasteiger charge is -2.18. The molecule has 0 fully saturated rings. The summed E-state index contributed by atoms with van der Waals surface area (Å²) in [5.41, 5.74) is 1.43. The van der Waals surface area contributed by atoms with Crippen molar-refractivity contribution in [1.29, 1.82) is 0 Å². The molecule has 1 aromatic carbocycles. The van der Waals surface area contributed by atoms with Crippen molar-refractivity contribution in [1.82, 2.24) is 10.3 Å². The summed E-state index contributed by atoms with van der Waals surface area (Å²) in [6.07, 6.45) is 0. The lowest BCUT2D eigenvalue weighted by molar-refractivity contribution is 0.0912. The molecule has 4 nitrogen and oxygen atoms in total. The highest BCUT2D eigenvalue weighted by Gasteiger charge is 2.17. The van der Waals surface area contributed by atoms with Gasteiger partial charge in [-0.15, -0.1) is 11.3 Å². The molecule has 0 bridgehead atoms. The Bertz CT molecular complexity index is 568. The summed E-state index contributed by atoms with van der Waals surface area (Å²) in [6, 6.07) is 9.69. The molecule has 2 atom stereocenters. The minimum Gasteiger partial charge on any atom is -0.396 e. The van der Waals surface area contributed by atoms with Gasteiger partial charge in [-0.05, 0) is 12.8 Å². The highest BCUT2D eigenvalue weighted by Crippen LogP contribution is 2.23. The number of aliphatic hydroxyl groups excluding tert-OH is 1. The number of nitrogens with zero attached hydrogens (tertiary/aromatic N) is 1. The topological polar surface area (TPSA) is 62.2 Å². The summed E-state index contributed by atoms with van der Waals surface area (Å²) in [5, 5.41) is 14.5. The molecule has 0 radical (unpaired) electrons. The lowest BCUT2D eigenvalue weighted by atomic mass is 10.1. The summed E-state index contributed by atoms with van der Waals surface area (Å²) in [4.78, 5) is 16.4. The molecule has 0 spiro atoms. The predicted octanol–water partition coefficient (Wildman–Crippen LogP) is 2.56. The third kappa shape index (κ3) is 3.43. The van der Waals surface area contributed by atoms with Gasteiger partial charge in [-0.2, -0.15) is 0 Å². The highest BCUT2D eigenvalue weighted by molar-refractivity contribution is 7.13. The third-order valence-electron chi connectivity index (χ3n) is 3.26. The van der Waals surface area contributed by atoms with Gasteiger partial charge in [0.1, 0.15) is 10.7 Å². The van der Waals surface area contributed by atoms with Crippen molar-refractivity contribution in [3.8, 4) is 10.6 Å². The maximum Gasteiger partial charge on any atom is 0.270 e. The van der Waals surface area contributed by atoms with E-state index in [0.29, 0.717) is 5.69 Å². The summed E-state index contributed by atoms with van der Waals surface area (Å²) < 4.78 is 0. The molecular weight excluding hydrogens is 272 g/mol. The van der Waals surface area contributed by atoms with Crippen LogP contribution in [0.1, 0.15) is 24.3 Å². The number of aromatic nitrogens is 1. The van der Waals surface area contributed by atoms with Crippen molar-refractivity contribution in [2.75, 3.05) is 6.61 Å². The molecule has 106 valence electrons. The van der Waals surface area contributed by atoms with Gasteiger partial charge in [-0.1, -0.05) is 37.3 Å². The van der Waals surface area contributed by atoms with Crippen molar-refractivity contribution >= 4 is 17.2 Å². The second kappa shape index (κ2) is 6.63. The first-order valence-corrected chi connectivity index (χ1v) is 7.42. The summed E-state index contributed by atoms with van der Waals surface area (Å²) in [6.45, 7) is 3.82. The van der Waals surface area contributed by atoms with Gasteiger partial charge in [-0.3, -0.25) is 4.79 Å². The SMILES string of the molecule is CC(CO)C(C)NC(=O)c1csc(-c2ccccc2)n1. The first-order valence-electron chi connectivity index (χ1n) is 6.54. The smallest absolute Gasteiger partial charge is 0.270 e. The van der Waals surface area contributed by atoms with Crippen LogP contribution in [-0.4, -0.2) is 28.6 Å². The van der Waals surface area contributed by atoms with Crippen LogP contribution in [0.3, 0.4) is 0 Å². The number of hydrogen-bond donors (Lipinski definition) is 2. The number of thiazole rings is 1. The molecular formula is C15H18N2O2S. The van der Waals surface area contributed by atoms with Crippen molar-refractivity contribution < 1.29 is 9.90 Å². The van der Waals surface area contributed by atoms with E-state index in [2.05, 4.69) is 10.3 Å². The van der Waals surface area contributed by atoms with Gasteiger partial charge >= 0.3 is 0 Å². The number of carbonyl (C=O) groups excluding carboxylic acids is 1. The molecule has 0 aliphatic rings. The van der Waals surface area contributed by atoms with Gasteiger partial charge in [0.15, 0.2) is 0 Å². The van der Waals surface area contributed by atoms with Crippen LogP contribution in [0.2, 0.25) is 0 Å². The second-order valence-electron chi connectivity index (χ2n) is 4.83. The minimum absolute atomic E-state index is 0.0196. The zero-order valence-corrected chi connectivity index (χ0v) is 12.4. The van der Waals surface area contributed by atoms with Gasteiger partial charge in [0.25, 0.3) is 5.91 Å². The minimum atomic E-state index is -0.198. The van der Waals surface area contributed by atoms with Crippen LogP contribution in [-0.2, 0) is 0 Å². The fourth-order valence-corrected chi connectivity index (χ4v) is 2.48. The highest BCUT2D eigenvalue weighted by atomic mass is 32.1. The Kier molecular flexibility index (Phi) is 4.87. The Morgan fingerprint density at radius 3 is 2.70 bits per heavy atom. The molecule has 1 aromatic heterocycles. The molecule has 20 heavy (non-hydrogen) atoms. The van der Waals surface area contributed by atoms with Crippen LogP contribution in [0.15, 0.2) is 35.7 Å². The van der Waals surface area contributed by atoms with E-state index in [0.717, 1.165) is 10.6 Å². The Balaban J connectivity index is 2.07. The number of hydrogen-bond acceptors (Lipinski definition) is 4. The van der Waals surface area contributed by atoms with Gasteiger partial charge in [0.2, 0.25) is 0 Å². The van der Waals surface area contributed by atoms with Gasteiger partial charge < -0.3 is 10.4 Å². The molecule has 5 heteroatoms. The zero-order chi connectivity index (χ0) is 14.5. The third-order valence-corrected chi connectivity index (χ3v) is 4.15. The first kappa shape index (κ1) is 14.7. The fraction of sp³-hybridized carbons (Fsp3) is 0.333. The fourth-order valence-electron chi connectivity index (χ4n) is 1.67. The molecule has 2 N–H and O–H groups in total. The van der Waals surface area contributed by atoms with Crippen molar-refractivity contribution in [2.45, 2.75) is 19.9 Å². The average Bonchev–Trinajstić information content (AvgIpc) is 2.97. The Morgan fingerprint density at radius 2 is 2.05 bits per heavy atom. The number of nitrogens with one attached hydrogen (secondary N) is 1. The largest absolute Gasteiger partial charge is 0.396 e. The number of carbonyl (C=O) groups is 1. The normalized spacial score (nSPS) is 13.8. The molecule has 1 heterocycles. The van der Waals surface area contributed by atoms with Crippen LogP contribution in [0, 0.1) is 5.92 Å². The van der Waals surface area contributed by atoms with Gasteiger partial charge in [0, 0.05) is 23.6 Å². The summed E-state index contributed by atoms with van der Waals surface area (Å²) in [5.74, 6) is -0.178. The monoisotopic (exact) mass is 290 g/mol. The molecule has 2 rings (SSSR count). The van der Waals surface area contributed by atoms with Crippen LogP contribution >= 0.6 is 11.3 Å². The quantitative estimate of drug-likeness (QED) is 0.889. The maximum absolute atomic E-state index is 12.1. The predicted molar refractivity (Wildman–Crippen MR) is 80.7 cm³/mol. The van der Waals surface area contributed by atoms with E-state index in [9.17, 15) is 4.79 Å².